The number of piperazine rings is 1. The number of fused-ring (bicyclic) bond motifs is 3. The summed E-state index contributed by atoms with van der Waals surface area (Å²) in [7, 11) is 1.62. The maximum Gasteiger partial charge on any atom is 0.409 e. The van der Waals surface area contributed by atoms with Crippen LogP contribution in [-0.2, 0) is 11.3 Å². The van der Waals surface area contributed by atoms with Gasteiger partial charge in [-0.2, -0.15) is 5.10 Å². The first-order chi connectivity index (χ1) is 19.1. The van der Waals surface area contributed by atoms with Gasteiger partial charge in [0.25, 0.3) is 5.56 Å². The van der Waals surface area contributed by atoms with Crippen LogP contribution in [0.4, 0.5) is 10.6 Å². The van der Waals surface area contributed by atoms with Gasteiger partial charge < -0.3 is 19.3 Å². The lowest BCUT2D eigenvalue weighted by Gasteiger charge is -2.35. The number of hydrogen-bond acceptors (Lipinski definition) is 6. The number of rotatable bonds is 6. The van der Waals surface area contributed by atoms with Crippen molar-refractivity contribution in [3.8, 4) is 16.9 Å². The van der Waals surface area contributed by atoms with Crippen molar-refractivity contribution in [2.75, 3.05) is 44.8 Å². The molecule has 8 nitrogen and oxygen atoms in total. The Hall–Kier alpha value is -4.59. The number of carbonyl (C=O) groups excluding carboxylic acids is 1. The van der Waals surface area contributed by atoms with Crippen LogP contribution in [0, 0.1) is 0 Å². The quantitative estimate of drug-likeness (QED) is 0.374. The normalized spacial score (nSPS) is 14.6. The van der Waals surface area contributed by atoms with Gasteiger partial charge in [0, 0.05) is 38.2 Å². The topological polar surface area (TPSA) is 76.9 Å². The van der Waals surface area contributed by atoms with Crippen molar-refractivity contribution in [3.05, 3.63) is 112 Å². The molecule has 0 bridgehead atoms. The molecule has 1 aliphatic carbocycles. The highest BCUT2D eigenvalue weighted by molar-refractivity contribution is 5.79. The third-order valence-corrected chi connectivity index (χ3v) is 7.52. The van der Waals surface area contributed by atoms with Crippen molar-refractivity contribution >= 4 is 11.9 Å². The molecule has 8 heteroatoms. The lowest BCUT2D eigenvalue weighted by Crippen LogP contribution is -2.49. The van der Waals surface area contributed by atoms with Gasteiger partial charge in [-0.3, -0.25) is 4.79 Å². The molecule has 2 aliphatic rings. The minimum atomic E-state index is -0.299. The van der Waals surface area contributed by atoms with Gasteiger partial charge in [0.15, 0.2) is 0 Å². The lowest BCUT2D eigenvalue weighted by atomic mass is 9.98. The number of carbonyl (C=O) groups is 1. The number of methoxy groups -OCH3 is 1. The summed E-state index contributed by atoms with van der Waals surface area (Å²) in [6, 6.07) is 27.5. The first-order valence-electron chi connectivity index (χ1n) is 13.2. The van der Waals surface area contributed by atoms with E-state index < -0.39 is 0 Å². The summed E-state index contributed by atoms with van der Waals surface area (Å²) in [5.41, 5.74) is 5.59. The molecule has 0 radical (unpaired) electrons. The van der Waals surface area contributed by atoms with Crippen LogP contribution in [0.25, 0.3) is 11.1 Å². The molecular weight excluding hydrogens is 492 g/mol. The molecule has 4 aromatic rings. The molecule has 0 saturated carbocycles. The van der Waals surface area contributed by atoms with Crippen LogP contribution in [0.15, 0.2) is 89.7 Å². The summed E-state index contributed by atoms with van der Waals surface area (Å²) in [4.78, 5) is 29.3. The van der Waals surface area contributed by atoms with Crippen molar-refractivity contribution < 1.29 is 14.3 Å². The Bertz CT molecular complexity index is 1510. The smallest absolute Gasteiger partial charge is 0.409 e. The summed E-state index contributed by atoms with van der Waals surface area (Å²) < 4.78 is 12.6. The van der Waals surface area contributed by atoms with Gasteiger partial charge >= 0.3 is 6.09 Å². The summed E-state index contributed by atoms with van der Waals surface area (Å²) in [5, 5.41) is 4.60. The van der Waals surface area contributed by atoms with Gasteiger partial charge in [-0.25, -0.2) is 9.48 Å². The number of benzene rings is 3. The Morgan fingerprint density at radius 3 is 2.26 bits per heavy atom. The molecule has 0 spiro atoms. The predicted octanol–water partition coefficient (Wildman–Crippen LogP) is 4.37. The Kier molecular flexibility index (Phi) is 6.75. The zero-order valence-corrected chi connectivity index (χ0v) is 21.8. The second kappa shape index (κ2) is 10.6. The Labute approximate surface area is 227 Å². The molecule has 1 aliphatic heterocycles. The van der Waals surface area contributed by atoms with Crippen molar-refractivity contribution in [1.82, 2.24) is 14.7 Å². The molecule has 0 unspecified atom stereocenters. The minimum Gasteiger partial charge on any atom is -0.497 e. The van der Waals surface area contributed by atoms with Gasteiger partial charge in [-0.05, 0) is 46.0 Å². The average Bonchev–Trinajstić information content (AvgIpc) is 3.31. The van der Waals surface area contributed by atoms with E-state index in [1.54, 1.807) is 24.1 Å². The maximum absolute atomic E-state index is 13.0. The van der Waals surface area contributed by atoms with Gasteiger partial charge in [-0.15, -0.1) is 0 Å². The zero-order chi connectivity index (χ0) is 26.8. The van der Waals surface area contributed by atoms with Crippen LogP contribution in [0.3, 0.4) is 0 Å². The first kappa shape index (κ1) is 24.7. The van der Waals surface area contributed by atoms with E-state index in [4.69, 9.17) is 9.47 Å². The number of nitrogens with zero attached hydrogens (tertiary/aromatic N) is 4. The van der Waals surface area contributed by atoms with Crippen LogP contribution in [0.2, 0.25) is 0 Å². The van der Waals surface area contributed by atoms with E-state index in [1.165, 1.54) is 26.9 Å². The predicted molar refractivity (Wildman–Crippen MR) is 149 cm³/mol. The SMILES string of the molecule is COc1cccc(Cn2nc(N3CCN(C(=O)OCC4c5ccccc5-c5ccccc54)CC3)ccc2=O)c1. The number of amides is 1. The second-order valence-corrected chi connectivity index (χ2v) is 9.82. The average molecular weight is 523 g/mol. The molecule has 2 heterocycles. The van der Waals surface area contributed by atoms with E-state index >= 15 is 0 Å². The van der Waals surface area contributed by atoms with E-state index in [2.05, 4.69) is 34.3 Å². The molecule has 1 amide bonds. The molecule has 1 fully saturated rings. The molecule has 1 saturated heterocycles. The Morgan fingerprint density at radius 2 is 1.56 bits per heavy atom. The molecule has 1 aromatic heterocycles. The maximum atomic E-state index is 13.0. The number of aromatic nitrogens is 2. The summed E-state index contributed by atoms with van der Waals surface area (Å²) >= 11 is 0. The Morgan fingerprint density at radius 1 is 0.872 bits per heavy atom. The van der Waals surface area contributed by atoms with E-state index in [-0.39, 0.29) is 17.6 Å². The van der Waals surface area contributed by atoms with Crippen LogP contribution in [-0.4, -0.2) is 60.7 Å². The lowest BCUT2D eigenvalue weighted by molar-refractivity contribution is 0.0976. The molecular formula is C31H30N4O4. The van der Waals surface area contributed by atoms with Crippen LogP contribution in [0.1, 0.15) is 22.6 Å². The molecule has 0 N–H and O–H groups in total. The second-order valence-electron chi connectivity index (χ2n) is 9.82. The third kappa shape index (κ3) is 4.97. The number of ether oxygens (including phenoxy) is 2. The standard InChI is InChI=1S/C31H30N4O4/c1-38-23-8-6-7-22(19-23)20-35-30(36)14-13-29(32-35)33-15-17-34(18-16-33)31(37)39-21-28-26-11-4-2-9-24(26)25-10-3-5-12-27(25)28/h2-14,19,28H,15-18,20-21H2,1H3. The van der Waals surface area contributed by atoms with E-state index in [0.29, 0.717) is 45.1 Å². The van der Waals surface area contributed by atoms with Crippen molar-refractivity contribution in [2.45, 2.75) is 12.5 Å². The van der Waals surface area contributed by atoms with Gasteiger partial charge in [0.1, 0.15) is 18.2 Å². The van der Waals surface area contributed by atoms with Crippen LogP contribution < -0.4 is 15.2 Å². The highest BCUT2D eigenvalue weighted by atomic mass is 16.6. The molecule has 3 aromatic carbocycles. The summed E-state index contributed by atoms with van der Waals surface area (Å²) in [6.07, 6.45) is -0.299. The third-order valence-electron chi connectivity index (χ3n) is 7.52. The summed E-state index contributed by atoms with van der Waals surface area (Å²) in [5.74, 6) is 1.49. The molecule has 0 atom stereocenters. The van der Waals surface area contributed by atoms with Crippen molar-refractivity contribution in [3.63, 3.8) is 0 Å². The van der Waals surface area contributed by atoms with Crippen LogP contribution >= 0.6 is 0 Å². The number of anilines is 1. The minimum absolute atomic E-state index is 0.0393. The van der Waals surface area contributed by atoms with Crippen molar-refractivity contribution in [1.29, 1.82) is 0 Å². The fourth-order valence-corrected chi connectivity index (χ4v) is 5.47. The summed E-state index contributed by atoms with van der Waals surface area (Å²) in [6.45, 7) is 2.91. The Balaban J connectivity index is 1.07. The fourth-order valence-electron chi connectivity index (χ4n) is 5.47. The van der Waals surface area contributed by atoms with Gasteiger partial charge in [0.2, 0.25) is 0 Å². The molecule has 198 valence electrons. The van der Waals surface area contributed by atoms with E-state index in [0.717, 1.165) is 11.3 Å². The van der Waals surface area contributed by atoms with Crippen molar-refractivity contribution in [2.24, 2.45) is 0 Å². The number of hydrogen-bond donors (Lipinski definition) is 0. The fraction of sp³-hybridized carbons (Fsp3) is 0.258. The largest absolute Gasteiger partial charge is 0.497 e. The first-order valence-corrected chi connectivity index (χ1v) is 13.2. The molecule has 6 rings (SSSR count). The van der Waals surface area contributed by atoms with Crippen LogP contribution in [0.5, 0.6) is 5.75 Å². The van der Waals surface area contributed by atoms with E-state index in [9.17, 15) is 9.59 Å². The van der Waals surface area contributed by atoms with Gasteiger partial charge in [-0.1, -0.05) is 60.7 Å². The highest BCUT2D eigenvalue weighted by Gasteiger charge is 2.30. The molecule has 39 heavy (non-hydrogen) atoms. The van der Waals surface area contributed by atoms with E-state index in [1.807, 2.05) is 48.5 Å². The zero-order valence-electron chi connectivity index (χ0n) is 21.8. The van der Waals surface area contributed by atoms with Gasteiger partial charge in [0.05, 0.1) is 13.7 Å². The monoisotopic (exact) mass is 522 g/mol. The highest BCUT2D eigenvalue weighted by Crippen LogP contribution is 2.44.